The third kappa shape index (κ3) is 4.05. The highest BCUT2D eigenvalue weighted by molar-refractivity contribution is 6.18. The van der Waals surface area contributed by atoms with Crippen molar-refractivity contribution < 1.29 is 23.1 Å². The smallest absolute Gasteiger partial charge is 0.416 e. The number of nitrogens with zero attached hydrogens (tertiary/aromatic N) is 3. The lowest BCUT2D eigenvalue weighted by atomic mass is 9.97. The van der Waals surface area contributed by atoms with Gasteiger partial charge in [-0.25, -0.2) is 0 Å². The molecule has 1 aliphatic rings. The molecule has 1 saturated heterocycles. The molecule has 29 heavy (non-hydrogen) atoms. The van der Waals surface area contributed by atoms with Crippen molar-refractivity contribution >= 4 is 17.5 Å². The second-order valence-electron chi connectivity index (χ2n) is 6.60. The molecule has 1 aromatic heterocycles. The van der Waals surface area contributed by atoms with Gasteiger partial charge in [-0.3, -0.25) is 20.2 Å². The Bertz CT molecular complexity index is 1000. The molecule has 4 N–H and O–H groups in total. The lowest BCUT2D eigenvalue weighted by molar-refractivity contribution is -0.137. The van der Waals surface area contributed by atoms with Crippen LogP contribution in [-0.2, 0) is 11.0 Å². The number of hydrogen-bond donors (Lipinski definition) is 3. The van der Waals surface area contributed by atoms with Gasteiger partial charge in [-0.1, -0.05) is 0 Å². The largest absolute Gasteiger partial charge is 0.507 e. The molecular formula is C19H18F3N5O2. The lowest BCUT2D eigenvalue weighted by Crippen LogP contribution is -2.27. The molecule has 1 atom stereocenters. The SMILES string of the molecule is CN1CCC(N=C(N)c2cnccc2C(=N)c2ccc(C(F)(F)F)cc2O)C1=O. The van der Waals surface area contributed by atoms with Crippen molar-refractivity contribution in [3.05, 3.63) is 58.9 Å². The number of benzene rings is 1. The Morgan fingerprint density at radius 3 is 2.62 bits per heavy atom. The topological polar surface area (TPSA) is 116 Å². The molecule has 1 aliphatic heterocycles. The minimum atomic E-state index is -4.61. The fourth-order valence-corrected chi connectivity index (χ4v) is 3.04. The number of aliphatic imine (C=N–C) groups is 1. The van der Waals surface area contributed by atoms with Gasteiger partial charge < -0.3 is 15.7 Å². The maximum atomic E-state index is 12.8. The Balaban J connectivity index is 1.97. The number of pyridine rings is 1. The average Bonchev–Trinajstić information content (AvgIpc) is 2.98. The number of carbonyl (C=O) groups is 1. The summed E-state index contributed by atoms with van der Waals surface area (Å²) in [6.07, 6.45) is -1.37. The molecule has 3 rings (SSSR count). The monoisotopic (exact) mass is 405 g/mol. The quantitative estimate of drug-likeness (QED) is 0.534. The van der Waals surface area contributed by atoms with E-state index < -0.39 is 23.5 Å². The Kier molecular flexibility index (Phi) is 5.27. The van der Waals surface area contributed by atoms with Crippen molar-refractivity contribution in [2.24, 2.45) is 10.7 Å². The number of carbonyl (C=O) groups excluding carboxylic acids is 1. The van der Waals surface area contributed by atoms with Gasteiger partial charge in [0.1, 0.15) is 17.6 Å². The van der Waals surface area contributed by atoms with Gasteiger partial charge in [0, 0.05) is 42.7 Å². The van der Waals surface area contributed by atoms with E-state index in [2.05, 4.69) is 9.98 Å². The summed E-state index contributed by atoms with van der Waals surface area (Å²) in [4.78, 5) is 21.8. The lowest BCUT2D eigenvalue weighted by Gasteiger charge is -2.14. The zero-order valence-electron chi connectivity index (χ0n) is 15.4. The number of phenolic OH excluding ortho intramolecular Hbond substituents is 1. The number of aromatic hydroxyl groups is 1. The molecule has 1 amide bonds. The number of hydrogen-bond acceptors (Lipinski definition) is 5. The van der Waals surface area contributed by atoms with Crippen molar-refractivity contribution in [3.8, 4) is 5.75 Å². The van der Waals surface area contributed by atoms with E-state index in [1.54, 1.807) is 7.05 Å². The summed E-state index contributed by atoms with van der Waals surface area (Å²) < 4.78 is 38.4. The van der Waals surface area contributed by atoms with Gasteiger partial charge in [-0.15, -0.1) is 0 Å². The van der Waals surface area contributed by atoms with Crippen LogP contribution in [0.5, 0.6) is 5.75 Å². The molecule has 152 valence electrons. The normalized spacial score (nSPS) is 17.7. The van der Waals surface area contributed by atoms with Crippen LogP contribution in [-0.4, -0.2) is 52.1 Å². The van der Waals surface area contributed by atoms with E-state index in [0.717, 1.165) is 12.1 Å². The molecule has 0 radical (unpaired) electrons. The molecule has 0 bridgehead atoms. The van der Waals surface area contributed by atoms with Crippen LogP contribution in [0.25, 0.3) is 0 Å². The van der Waals surface area contributed by atoms with Gasteiger partial charge in [-0.05, 0) is 30.7 Å². The zero-order chi connectivity index (χ0) is 21.3. The van der Waals surface area contributed by atoms with Gasteiger partial charge in [0.05, 0.1) is 11.3 Å². The number of likely N-dealkylation sites (N-methyl/N-ethyl adjacent to an activating group) is 1. The van der Waals surface area contributed by atoms with E-state index >= 15 is 0 Å². The minimum absolute atomic E-state index is 0.0158. The minimum Gasteiger partial charge on any atom is -0.507 e. The van der Waals surface area contributed by atoms with Crippen molar-refractivity contribution in [2.75, 3.05) is 13.6 Å². The molecule has 0 saturated carbocycles. The number of rotatable bonds is 4. The van der Waals surface area contributed by atoms with Crippen LogP contribution in [0.4, 0.5) is 13.2 Å². The number of halogens is 3. The number of amidine groups is 1. The van der Waals surface area contributed by atoms with Gasteiger partial charge >= 0.3 is 6.18 Å². The highest BCUT2D eigenvalue weighted by atomic mass is 19.4. The zero-order valence-corrected chi connectivity index (χ0v) is 15.4. The molecule has 2 heterocycles. The first-order valence-electron chi connectivity index (χ1n) is 8.61. The van der Waals surface area contributed by atoms with Crippen LogP contribution >= 0.6 is 0 Å². The van der Waals surface area contributed by atoms with Gasteiger partial charge in [0.15, 0.2) is 0 Å². The van der Waals surface area contributed by atoms with Crippen LogP contribution in [0.15, 0.2) is 41.7 Å². The number of nitrogens with one attached hydrogen (secondary N) is 1. The molecule has 0 aliphatic carbocycles. The second-order valence-corrected chi connectivity index (χ2v) is 6.60. The van der Waals surface area contributed by atoms with Gasteiger partial charge in [0.25, 0.3) is 0 Å². The molecule has 7 nitrogen and oxygen atoms in total. The first-order chi connectivity index (χ1) is 13.6. The summed E-state index contributed by atoms with van der Waals surface area (Å²) in [6, 6.07) is 3.18. The number of nitrogens with two attached hydrogens (primary N) is 1. The summed E-state index contributed by atoms with van der Waals surface area (Å²) in [5, 5.41) is 18.4. The van der Waals surface area contributed by atoms with Crippen molar-refractivity contribution in [2.45, 2.75) is 18.6 Å². The van der Waals surface area contributed by atoms with Crippen LogP contribution < -0.4 is 5.73 Å². The number of phenols is 1. The van der Waals surface area contributed by atoms with Crippen molar-refractivity contribution in [1.29, 1.82) is 5.41 Å². The van der Waals surface area contributed by atoms with Crippen LogP contribution in [0.3, 0.4) is 0 Å². The van der Waals surface area contributed by atoms with Crippen molar-refractivity contribution in [1.82, 2.24) is 9.88 Å². The number of likely N-dealkylation sites (tertiary alicyclic amines) is 1. The van der Waals surface area contributed by atoms with Gasteiger partial charge in [0.2, 0.25) is 5.91 Å². The Morgan fingerprint density at radius 1 is 1.31 bits per heavy atom. The van der Waals surface area contributed by atoms with Gasteiger partial charge in [-0.2, -0.15) is 13.2 Å². The van der Waals surface area contributed by atoms with Crippen molar-refractivity contribution in [3.63, 3.8) is 0 Å². The highest BCUT2D eigenvalue weighted by Gasteiger charge is 2.32. The van der Waals surface area contributed by atoms with E-state index in [4.69, 9.17) is 11.1 Å². The first-order valence-corrected chi connectivity index (χ1v) is 8.61. The van der Waals surface area contributed by atoms with E-state index in [1.165, 1.54) is 23.4 Å². The van der Waals surface area contributed by atoms with E-state index in [1.807, 2.05) is 0 Å². The van der Waals surface area contributed by atoms with Crippen LogP contribution in [0.1, 0.15) is 28.7 Å². The Hall–Kier alpha value is -3.43. The van der Waals surface area contributed by atoms with E-state index in [0.29, 0.717) is 19.0 Å². The summed E-state index contributed by atoms with van der Waals surface area (Å²) >= 11 is 0. The fraction of sp³-hybridized carbons (Fsp3) is 0.263. The first kappa shape index (κ1) is 20.3. The number of amides is 1. The summed E-state index contributed by atoms with van der Waals surface area (Å²) in [5.74, 6) is -0.873. The summed E-state index contributed by atoms with van der Waals surface area (Å²) in [5.41, 5.74) is 5.14. The molecule has 1 unspecified atom stereocenters. The predicted octanol–water partition coefficient (Wildman–Crippen LogP) is 2.16. The standard InChI is InChI=1S/C19H18F3N5O2/c1-27-7-5-14(18(27)29)26-17(24)13-9-25-6-4-11(13)16(23)12-3-2-10(8-15(12)28)19(20,21)22/h2-4,6,8-9,14,23,28H,5,7H2,1H3,(H2,24,26). The number of aromatic nitrogens is 1. The fourth-order valence-electron chi connectivity index (χ4n) is 3.04. The molecule has 1 aromatic carbocycles. The Morgan fingerprint density at radius 2 is 2.03 bits per heavy atom. The molecule has 2 aromatic rings. The summed E-state index contributed by atoms with van der Waals surface area (Å²) in [6.45, 7) is 0.551. The average molecular weight is 405 g/mol. The predicted molar refractivity (Wildman–Crippen MR) is 100 cm³/mol. The second kappa shape index (κ2) is 7.53. The van der Waals surface area contributed by atoms with Crippen LogP contribution in [0, 0.1) is 5.41 Å². The van der Waals surface area contributed by atoms with E-state index in [9.17, 15) is 23.1 Å². The Labute approximate surface area is 164 Å². The summed E-state index contributed by atoms with van der Waals surface area (Å²) in [7, 11) is 1.66. The molecule has 1 fully saturated rings. The number of alkyl halides is 3. The molecule has 0 spiro atoms. The third-order valence-electron chi connectivity index (χ3n) is 4.65. The highest BCUT2D eigenvalue weighted by Crippen LogP contribution is 2.33. The van der Waals surface area contributed by atoms with E-state index in [-0.39, 0.29) is 34.1 Å². The van der Waals surface area contributed by atoms with Crippen LogP contribution in [0.2, 0.25) is 0 Å². The maximum absolute atomic E-state index is 12.8. The molecule has 10 heteroatoms. The molecular weight excluding hydrogens is 387 g/mol. The maximum Gasteiger partial charge on any atom is 0.416 e. The third-order valence-corrected chi connectivity index (χ3v) is 4.65.